The van der Waals surface area contributed by atoms with E-state index in [2.05, 4.69) is 4.90 Å². The lowest BCUT2D eigenvalue weighted by atomic mass is 10.1. The minimum absolute atomic E-state index is 0.0556. The standard InChI is InChI=1S/C11H21ClNO2/c12-4-9-15-8-3-11-2-6-13(10-11)5-1-7-14/h11H,1-10H2. The highest BCUT2D eigenvalue weighted by Gasteiger charge is 2.21. The van der Waals surface area contributed by atoms with Crippen LogP contribution in [0.3, 0.4) is 0 Å². The zero-order valence-corrected chi connectivity index (χ0v) is 10.0. The Hall–Kier alpha value is 0.170. The van der Waals surface area contributed by atoms with Crippen molar-refractivity contribution >= 4 is 11.6 Å². The van der Waals surface area contributed by atoms with E-state index in [4.69, 9.17) is 16.3 Å². The predicted molar refractivity (Wildman–Crippen MR) is 60.9 cm³/mol. The van der Waals surface area contributed by atoms with Gasteiger partial charge in [0.05, 0.1) is 13.2 Å². The first kappa shape index (κ1) is 13.2. The third kappa shape index (κ3) is 5.71. The van der Waals surface area contributed by atoms with Crippen molar-refractivity contribution in [1.82, 2.24) is 4.90 Å². The Kier molecular flexibility index (Phi) is 7.36. The molecule has 0 bridgehead atoms. The van der Waals surface area contributed by atoms with Crippen molar-refractivity contribution < 1.29 is 9.84 Å². The topological polar surface area (TPSA) is 32.4 Å². The molecule has 3 nitrogen and oxygen atoms in total. The summed E-state index contributed by atoms with van der Waals surface area (Å²) in [4.78, 5) is 2.39. The lowest BCUT2D eigenvalue weighted by molar-refractivity contribution is 0.133. The summed E-state index contributed by atoms with van der Waals surface area (Å²) in [6.45, 7) is 4.81. The molecule has 0 aromatic rings. The highest BCUT2D eigenvalue weighted by Crippen LogP contribution is 2.19. The van der Waals surface area contributed by atoms with Gasteiger partial charge in [-0.3, -0.25) is 0 Å². The van der Waals surface area contributed by atoms with Gasteiger partial charge in [0, 0.05) is 25.6 Å². The van der Waals surface area contributed by atoms with Gasteiger partial charge < -0.3 is 9.64 Å². The molecule has 1 aliphatic heterocycles. The summed E-state index contributed by atoms with van der Waals surface area (Å²) in [6, 6.07) is 0. The van der Waals surface area contributed by atoms with Crippen molar-refractivity contribution in [3.63, 3.8) is 0 Å². The Bertz CT molecular complexity index is 158. The molecule has 0 amide bonds. The molecule has 1 aliphatic rings. The summed E-state index contributed by atoms with van der Waals surface area (Å²) >= 11 is 5.51. The van der Waals surface area contributed by atoms with Crippen LogP contribution in [-0.2, 0) is 9.84 Å². The third-order valence-corrected chi connectivity index (χ3v) is 3.03. The van der Waals surface area contributed by atoms with Crippen molar-refractivity contribution in [1.29, 1.82) is 0 Å². The van der Waals surface area contributed by atoms with Gasteiger partial charge in [-0.25, -0.2) is 5.11 Å². The van der Waals surface area contributed by atoms with E-state index in [1.54, 1.807) is 0 Å². The Balaban J connectivity index is 1.98. The fraction of sp³-hybridized carbons (Fsp3) is 1.00. The highest BCUT2D eigenvalue weighted by atomic mass is 35.5. The van der Waals surface area contributed by atoms with E-state index in [1.807, 2.05) is 0 Å². The van der Waals surface area contributed by atoms with E-state index in [1.165, 1.54) is 6.42 Å². The molecule has 1 unspecified atom stereocenters. The molecule has 0 spiro atoms. The second-order valence-corrected chi connectivity index (χ2v) is 4.48. The first-order valence-corrected chi connectivity index (χ1v) is 6.34. The van der Waals surface area contributed by atoms with Gasteiger partial charge in [-0.2, -0.15) is 0 Å². The summed E-state index contributed by atoms with van der Waals surface area (Å²) in [6.07, 6.45) is 3.17. The van der Waals surface area contributed by atoms with Crippen LogP contribution in [-0.4, -0.2) is 50.2 Å². The number of hydrogen-bond acceptors (Lipinski definition) is 2. The van der Waals surface area contributed by atoms with Gasteiger partial charge in [0.1, 0.15) is 0 Å². The SMILES string of the molecule is [O]CCCN1CCC(CCOCCCl)C1. The lowest BCUT2D eigenvalue weighted by Gasteiger charge is -2.14. The zero-order valence-electron chi connectivity index (χ0n) is 9.29. The maximum atomic E-state index is 10.4. The average Bonchev–Trinajstić information content (AvgIpc) is 2.69. The second kappa shape index (κ2) is 8.34. The Morgan fingerprint density at radius 3 is 3.00 bits per heavy atom. The quantitative estimate of drug-likeness (QED) is 0.474. The number of rotatable bonds is 8. The minimum Gasteiger partial charge on any atom is -0.380 e. The maximum absolute atomic E-state index is 10.4. The van der Waals surface area contributed by atoms with E-state index in [0.717, 1.165) is 45.0 Å². The fourth-order valence-corrected chi connectivity index (χ4v) is 2.16. The van der Waals surface area contributed by atoms with E-state index >= 15 is 0 Å². The van der Waals surface area contributed by atoms with Gasteiger partial charge in [-0.1, -0.05) is 0 Å². The predicted octanol–water partition coefficient (Wildman–Crippen LogP) is 1.77. The molecule has 1 fully saturated rings. The molecule has 1 atom stereocenters. The minimum atomic E-state index is 0.0556. The summed E-state index contributed by atoms with van der Waals surface area (Å²) < 4.78 is 5.36. The monoisotopic (exact) mass is 234 g/mol. The number of halogens is 1. The molecule has 0 saturated carbocycles. The van der Waals surface area contributed by atoms with Crippen molar-refractivity contribution in [2.24, 2.45) is 5.92 Å². The molecule has 1 heterocycles. The molecule has 1 radical (unpaired) electrons. The van der Waals surface area contributed by atoms with Crippen molar-refractivity contribution in [2.45, 2.75) is 19.3 Å². The van der Waals surface area contributed by atoms with Crippen LogP contribution < -0.4 is 0 Å². The van der Waals surface area contributed by atoms with Gasteiger partial charge in [-0.05, 0) is 31.7 Å². The number of likely N-dealkylation sites (tertiary alicyclic amines) is 1. The maximum Gasteiger partial charge on any atom is 0.0834 e. The van der Waals surface area contributed by atoms with Gasteiger partial charge in [0.2, 0.25) is 0 Å². The van der Waals surface area contributed by atoms with Crippen LogP contribution >= 0.6 is 11.6 Å². The Labute approximate surface area is 97.4 Å². The molecule has 0 aromatic carbocycles. The second-order valence-electron chi connectivity index (χ2n) is 4.10. The molecular formula is C11H21ClNO2. The first-order chi connectivity index (χ1) is 7.36. The normalized spacial score (nSPS) is 22.4. The van der Waals surface area contributed by atoms with Crippen LogP contribution in [0.4, 0.5) is 0 Å². The zero-order chi connectivity index (χ0) is 10.9. The smallest absolute Gasteiger partial charge is 0.0834 e. The van der Waals surface area contributed by atoms with Crippen molar-refractivity contribution in [3.05, 3.63) is 0 Å². The van der Waals surface area contributed by atoms with Gasteiger partial charge in [-0.15, -0.1) is 11.6 Å². The fourth-order valence-electron chi connectivity index (χ4n) is 2.05. The molecule has 15 heavy (non-hydrogen) atoms. The summed E-state index contributed by atoms with van der Waals surface area (Å²) in [7, 11) is 0. The molecule has 4 heteroatoms. The third-order valence-electron chi connectivity index (χ3n) is 2.88. The van der Waals surface area contributed by atoms with E-state index in [9.17, 15) is 5.11 Å². The molecule has 89 valence electrons. The molecule has 1 rings (SSSR count). The number of ether oxygens (including phenoxy) is 1. The first-order valence-electron chi connectivity index (χ1n) is 5.81. The molecular weight excluding hydrogens is 214 g/mol. The lowest BCUT2D eigenvalue weighted by Crippen LogP contribution is -2.22. The summed E-state index contributed by atoms with van der Waals surface area (Å²) in [5.41, 5.74) is 0. The van der Waals surface area contributed by atoms with Gasteiger partial charge >= 0.3 is 0 Å². The van der Waals surface area contributed by atoms with Crippen molar-refractivity contribution in [2.75, 3.05) is 45.3 Å². The molecule has 0 aliphatic carbocycles. The van der Waals surface area contributed by atoms with Crippen LogP contribution in [0.5, 0.6) is 0 Å². The Morgan fingerprint density at radius 1 is 1.40 bits per heavy atom. The van der Waals surface area contributed by atoms with Gasteiger partial charge in [0.15, 0.2) is 0 Å². The molecule has 0 aromatic heterocycles. The van der Waals surface area contributed by atoms with E-state index in [0.29, 0.717) is 12.5 Å². The summed E-state index contributed by atoms with van der Waals surface area (Å²) in [5.74, 6) is 1.34. The van der Waals surface area contributed by atoms with Gasteiger partial charge in [0.25, 0.3) is 0 Å². The number of nitrogens with zero attached hydrogens (tertiary/aromatic N) is 1. The van der Waals surface area contributed by atoms with Crippen LogP contribution in [0.15, 0.2) is 0 Å². The van der Waals surface area contributed by atoms with Crippen LogP contribution in [0.1, 0.15) is 19.3 Å². The number of hydrogen-bond donors (Lipinski definition) is 0. The largest absolute Gasteiger partial charge is 0.380 e. The average molecular weight is 235 g/mol. The highest BCUT2D eigenvalue weighted by molar-refractivity contribution is 6.17. The summed E-state index contributed by atoms with van der Waals surface area (Å²) in [5, 5.41) is 10.4. The van der Waals surface area contributed by atoms with E-state index in [-0.39, 0.29) is 6.61 Å². The number of alkyl halides is 1. The molecule has 1 saturated heterocycles. The van der Waals surface area contributed by atoms with Crippen LogP contribution in [0.2, 0.25) is 0 Å². The van der Waals surface area contributed by atoms with Crippen LogP contribution in [0, 0.1) is 5.92 Å². The molecule has 0 N–H and O–H groups in total. The van der Waals surface area contributed by atoms with E-state index < -0.39 is 0 Å². The Morgan fingerprint density at radius 2 is 2.27 bits per heavy atom. The van der Waals surface area contributed by atoms with Crippen molar-refractivity contribution in [3.8, 4) is 0 Å². The van der Waals surface area contributed by atoms with Crippen LogP contribution in [0.25, 0.3) is 0 Å².